The van der Waals surface area contributed by atoms with E-state index in [4.69, 9.17) is 11.6 Å². The van der Waals surface area contributed by atoms with Crippen molar-refractivity contribution in [1.29, 1.82) is 0 Å². The third-order valence-corrected chi connectivity index (χ3v) is 1.86. The van der Waals surface area contributed by atoms with E-state index in [1.54, 1.807) is 5.54 Å². The van der Waals surface area contributed by atoms with Gasteiger partial charge in [0.1, 0.15) is 0 Å². The molecule has 0 fully saturated rings. The summed E-state index contributed by atoms with van der Waals surface area (Å²) in [6.45, 7) is 8.48. The Kier molecular flexibility index (Phi) is 6.68. The predicted octanol–water partition coefficient (Wildman–Crippen LogP) is 2.76. The summed E-state index contributed by atoms with van der Waals surface area (Å²) < 4.78 is 0. The van der Waals surface area contributed by atoms with Crippen LogP contribution in [-0.2, 0) is 0 Å². The molecule has 0 spiro atoms. The molecular formula is C9H18ClN. The minimum Gasteiger partial charge on any atom is -0.313 e. The van der Waals surface area contributed by atoms with Gasteiger partial charge in [0.25, 0.3) is 0 Å². The third-order valence-electron chi connectivity index (χ3n) is 1.49. The van der Waals surface area contributed by atoms with Crippen LogP contribution >= 0.6 is 11.6 Å². The zero-order chi connectivity index (χ0) is 8.69. The van der Waals surface area contributed by atoms with E-state index < -0.39 is 0 Å². The molecule has 1 N–H and O–H groups in total. The van der Waals surface area contributed by atoms with Crippen LogP contribution in [0.1, 0.15) is 27.2 Å². The normalized spacial score (nSPS) is 12.6. The van der Waals surface area contributed by atoms with Crippen molar-refractivity contribution in [1.82, 2.24) is 5.32 Å². The van der Waals surface area contributed by atoms with Crippen LogP contribution in [0.3, 0.4) is 0 Å². The van der Waals surface area contributed by atoms with Gasteiger partial charge in [0.2, 0.25) is 0 Å². The number of hydrogen-bond donors (Lipinski definition) is 1. The highest BCUT2D eigenvalue weighted by Crippen LogP contribution is 1.97. The Labute approximate surface area is 74.8 Å². The lowest BCUT2D eigenvalue weighted by atomic mass is 10.1. The van der Waals surface area contributed by atoms with Crippen molar-refractivity contribution in [2.45, 2.75) is 27.2 Å². The molecule has 0 rings (SSSR count). The van der Waals surface area contributed by atoms with Crippen LogP contribution in [-0.4, -0.2) is 13.1 Å². The lowest BCUT2D eigenvalue weighted by molar-refractivity contribution is 0.549. The summed E-state index contributed by atoms with van der Waals surface area (Å²) in [5, 5.41) is 3.31. The van der Waals surface area contributed by atoms with Crippen LogP contribution in [0.25, 0.3) is 0 Å². The van der Waals surface area contributed by atoms with E-state index in [0.29, 0.717) is 0 Å². The van der Waals surface area contributed by atoms with Crippen molar-refractivity contribution in [3.8, 4) is 0 Å². The van der Waals surface area contributed by atoms with E-state index in [-0.39, 0.29) is 0 Å². The van der Waals surface area contributed by atoms with Crippen molar-refractivity contribution in [2.24, 2.45) is 5.92 Å². The Balaban J connectivity index is 3.15. The van der Waals surface area contributed by atoms with Gasteiger partial charge in [-0.05, 0) is 31.4 Å². The lowest BCUT2D eigenvalue weighted by Crippen LogP contribution is -2.18. The van der Waals surface area contributed by atoms with Crippen molar-refractivity contribution < 1.29 is 0 Å². The second-order valence-electron chi connectivity index (χ2n) is 3.31. The highest BCUT2D eigenvalue weighted by Gasteiger charge is 1.92. The maximum atomic E-state index is 5.49. The zero-order valence-corrected chi connectivity index (χ0v) is 8.41. The fourth-order valence-electron chi connectivity index (χ4n) is 0.715. The second kappa shape index (κ2) is 6.68. The average Bonchev–Trinajstić information content (AvgIpc) is 1.97. The van der Waals surface area contributed by atoms with E-state index in [1.807, 2.05) is 6.92 Å². The quantitative estimate of drug-likeness (QED) is 0.634. The fourth-order valence-corrected chi connectivity index (χ4v) is 0.792. The summed E-state index contributed by atoms with van der Waals surface area (Å²) in [6, 6.07) is 0. The smallest absolute Gasteiger partial charge is 0.0173 e. The Morgan fingerprint density at radius 1 is 1.55 bits per heavy atom. The SMILES string of the molecule is CC(=CCl)CNCCC(C)C. The first kappa shape index (κ1) is 11.0. The highest BCUT2D eigenvalue weighted by atomic mass is 35.5. The third kappa shape index (κ3) is 7.89. The first-order valence-corrected chi connectivity index (χ1v) is 4.57. The molecule has 1 nitrogen and oxygen atoms in total. The fraction of sp³-hybridized carbons (Fsp3) is 0.778. The molecule has 0 aliphatic heterocycles. The molecule has 0 unspecified atom stereocenters. The molecule has 0 atom stereocenters. The molecule has 0 heterocycles. The van der Waals surface area contributed by atoms with E-state index in [9.17, 15) is 0 Å². The largest absolute Gasteiger partial charge is 0.313 e. The highest BCUT2D eigenvalue weighted by molar-refractivity contribution is 6.25. The topological polar surface area (TPSA) is 12.0 Å². The maximum absolute atomic E-state index is 5.49. The number of halogens is 1. The summed E-state index contributed by atoms with van der Waals surface area (Å²) in [6.07, 6.45) is 1.23. The maximum Gasteiger partial charge on any atom is 0.0173 e. The van der Waals surface area contributed by atoms with Gasteiger partial charge >= 0.3 is 0 Å². The summed E-state index contributed by atoms with van der Waals surface area (Å²) in [5.41, 5.74) is 2.82. The van der Waals surface area contributed by atoms with Crippen LogP contribution in [0, 0.1) is 5.92 Å². The molecule has 0 aromatic carbocycles. The zero-order valence-electron chi connectivity index (χ0n) is 7.65. The van der Waals surface area contributed by atoms with Crippen LogP contribution in [0.2, 0.25) is 0 Å². The number of hydrogen-bond acceptors (Lipinski definition) is 1. The second-order valence-corrected chi connectivity index (χ2v) is 3.53. The monoisotopic (exact) mass is 175 g/mol. The predicted molar refractivity (Wildman–Crippen MR) is 51.9 cm³/mol. The van der Waals surface area contributed by atoms with Gasteiger partial charge in [-0.2, -0.15) is 0 Å². The summed E-state index contributed by atoms with van der Waals surface area (Å²) in [5.74, 6) is 0.780. The molecule has 0 saturated carbocycles. The molecule has 0 aliphatic carbocycles. The van der Waals surface area contributed by atoms with Gasteiger partial charge in [-0.15, -0.1) is 0 Å². The van der Waals surface area contributed by atoms with Gasteiger partial charge in [0.15, 0.2) is 0 Å². The molecule has 66 valence electrons. The Morgan fingerprint density at radius 2 is 2.18 bits per heavy atom. The molecule has 0 aromatic rings. The molecule has 0 aliphatic rings. The number of nitrogens with one attached hydrogen (secondary N) is 1. The molecular weight excluding hydrogens is 158 g/mol. The van der Waals surface area contributed by atoms with Gasteiger partial charge in [-0.3, -0.25) is 0 Å². The molecule has 0 amide bonds. The van der Waals surface area contributed by atoms with E-state index >= 15 is 0 Å². The van der Waals surface area contributed by atoms with Crippen LogP contribution in [0.15, 0.2) is 11.1 Å². The van der Waals surface area contributed by atoms with Gasteiger partial charge in [-0.1, -0.05) is 25.4 Å². The first-order chi connectivity index (χ1) is 5.16. The average molecular weight is 176 g/mol. The lowest BCUT2D eigenvalue weighted by Gasteiger charge is -2.05. The van der Waals surface area contributed by atoms with Gasteiger partial charge < -0.3 is 5.32 Å². The summed E-state index contributed by atoms with van der Waals surface area (Å²) >= 11 is 5.49. The first-order valence-electron chi connectivity index (χ1n) is 4.13. The van der Waals surface area contributed by atoms with Crippen molar-refractivity contribution in [2.75, 3.05) is 13.1 Å². The molecule has 0 radical (unpaired) electrons. The standard InChI is InChI=1S/C9H18ClN/c1-8(2)4-5-11-7-9(3)6-10/h6,8,11H,4-5,7H2,1-3H3. The molecule has 0 aromatic heterocycles. The van der Waals surface area contributed by atoms with E-state index in [1.165, 1.54) is 12.0 Å². The van der Waals surface area contributed by atoms with Crippen LogP contribution < -0.4 is 5.32 Å². The van der Waals surface area contributed by atoms with Crippen molar-refractivity contribution in [3.63, 3.8) is 0 Å². The Bertz CT molecular complexity index is 119. The minimum absolute atomic E-state index is 0.780. The Hall–Kier alpha value is -0.0100. The van der Waals surface area contributed by atoms with Crippen molar-refractivity contribution >= 4 is 11.6 Å². The molecule has 11 heavy (non-hydrogen) atoms. The summed E-state index contributed by atoms with van der Waals surface area (Å²) in [4.78, 5) is 0. The van der Waals surface area contributed by atoms with Crippen LogP contribution in [0.5, 0.6) is 0 Å². The number of rotatable bonds is 5. The van der Waals surface area contributed by atoms with Crippen molar-refractivity contribution in [3.05, 3.63) is 11.1 Å². The Morgan fingerprint density at radius 3 is 2.64 bits per heavy atom. The van der Waals surface area contributed by atoms with Gasteiger partial charge in [0, 0.05) is 12.1 Å². The minimum atomic E-state index is 0.780. The molecule has 0 bridgehead atoms. The van der Waals surface area contributed by atoms with E-state index in [0.717, 1.165) is 19.0 Å². The van der Waals surface area contributed by atoms with Gasteiger partial charge in [0.05, 0.1) is 0 Å². The molecule has 2 heteroatoms. The summed E-state index contributed by atoms with van der Waals surface area (Å²) in [7, 11) is 0. The molecule has 0 saturated heterocycles. The van der Waals surface area contributed by atoms with E-state index in [2.05, 4.69) is 19.2 Å². The van der Waals surface area contributed by atoms with Gasteiger partial charge in [-0.25, -0.2) is 0 Å². The van der Waals surface area contributed by atoms with Crippen LogP contribution in [0.4, 0.5) is 0 Å².